The standard InChI is InChI=1S/C13H14N2O5S/c1-9(13-4-3-7-20-13)14-11-6-5-10(21(2,18)19)8-12(11)15(16)17/h3-9,14H,1-2H3. The third-order valence-electron chi connectivity index (χ3n) is 2.94. The number of nitrogens with one attached hydrogen (secondary N) is 1. The summed E-state index contributed by atoms with van der Waals surface area (Å²) in [5, 5.41) is 14.1. The van der Waals surface area contributed by atoms with Crippen LogP contribution in [0.3, 0.4) is 0 Å². The van der Waals surface area contributed by atoms with Crippen molar-refractivity contribution in [3.63, 3.8) is 0 Å². The third kappa shape index (κ3) is 3.40. The second kappa shape index (κ2) is 5.57. The maximum absolute atomic E-state index is 11.5. The minimum Gasteiger partial charge on any atom is -0.467 e. The largest absolute Gasteiger partial charge is 0.467 e. The average molecular weight is 310 g/mol. The third-order valence-corrected chi connectivity index (χ3v) is 4.05. The van der Waals surface area contributed by atoms with E-state index in [9.17, 15) is 18.5 Å². The molecule has 2 aromatic rings. The Balaban J connectivity index is 2.38. The zero-order chi connectivity index (χ0) is 15.6. The van der Waals surface area contributed by atoms with Crippen LogP contribution in [0.15, 0.2) is 45.9 Å². The van der Waals surface area contributed by atoms with E-state index >= 15 is 0 Å². The highest BCUT2D eigenvalue weighted by molar-refractivity contribution is 7.90. The van der Waals surface area contributed by atoms with E-state index in [1.54, 1.807) is 19.1 Å². The number of hydrogen-bond acceptors (Lipinski definition) is 6. The van der Waals surface area contributed by atoms with Gasteiger partial charge in [-0.25, -0.2) is 8.42 Å². The van der Waals surface area contributed by atoms with E-state index in [0.717, 1.165) is 12.3 Å². The number of nitro benzene ring substituents is 1. The first-order chi connectivity index (χ1) is 9.79. The van der Waals surface area contributed by atoms with Crippen molar-refractivity contribution in [2.24, 2.45) is 0 Å². The lowest BCUT2D eigenvalue weighted by Crippen LogP contribution is -2.08. The van der Waals surface area contributed by atoms with Gasteiger partial charge in [-0.15, -0.1) is 0 Å². The van der Waals surface area contributed by atoms with E-state index < -0.39 is 14.8 Å². The molecular weight excluding hydrogens is 296 g/mol. The fourth-order valence-electron chi connectivity index (χ4n) is 1.86. The first-order valence-corrected chi connectivity index (χ1v) is 7.96. The molecule has 0 saturated carbocycles. The van der Waals surface area contributed by atoms with Crippen LogP contribution in [-0.2, 0) is 9.84 Å². The Morgan fingerprint density at radius 1 is 1.33 bits per heavy atom. The van der Waals surface area contributed by atoms with Gasteiger partial charge in [0.1, 0.15) is 11.4 Å². The summed E-state index contributed by atoms with van der Waals surface area (Å²) < 4.78 is 28.2. The summed E-state index contributed by atoms with van der Waals surface area (Å²) in [6, 6.07) is 6.94. The van der Waals surface area contributed by atoms with Crippen molar-refractivity contribution in [2.75, 3.05) is 11.6 Å². The molecule has 1 N–H and O–H groups in total. The molecule has 0 aliphatic heterocycles. The molecule has 8 heteroatoms. The average Bonchev–Trinajstić information content (AvgIpc) is 2.91. The Morgan fingerprint density at radius 2 is 2.05 bits per heavy atom. The van der Waals surface area contributed by atoms with Crippen LogP contribution in [0.5, 0.6) is 0 Å². The smallest absolute Gasteiger partial charge is 0.293 e. The van der Waals surface area contributed by atoms with Gasteiger partial charge in [-0.2, -0.15) is 0 Å². The minimum atomic E-state index is -3.50. The number of benzene rings is 1. The van der Waals surface area contributed by atoms with Crippen molar-refractivity contribution in [3.05, 3.63) is 52.5 Å². The van der Waals surface area contributed by atoms with Gasteiger partial charge in [0, 0.05) is 12.3 Å². The van der Waals surface area contributed by atoms with Crippen molar-refractivity contribution in [3.8, 4) is 0 Å². The van der Waals surface area contributed by atoms with Gasteiger partial charge in [-0.3, -0.25) is 10.1 Å². The van der Waals surface area contributed by atoms with Crippen LogP contribution >= 0.6 is 0 Å². The summed E-state index contributed by atoms with van der Waals surface area (Å²) in [5.41, 5.74) is -0.0624. The molecule has 0 bridgehead atoms. The van der Waals surface area contributed by atoms with Crippen LogP contribution in [0, 0.1) is 10.1 Å². The van der Waals surface area contributed by atoms with Crippen molar-refractivity contribution in [1.82, 2.24) is 0 Å². The molecule has 21 heavy (non-hydrogen) atoms. The van der Waals surface area contributed by atoms with E-state index in [0.29, 0.717) is 5.76 Å². The first kappa shape index (κ1) is 15.0. The Morgan fingerprint density at radius 3 is 2.57 bits per heavy atom. The summed E-state index contributed by atoms with van der Waals surface area (Å²) in [6.45, 7) is 1.78. The van der Waals surface area contributed by atoms with Gasteiger partial charge in [0.2, 0.25) is 0 Å². The monoisotopic (exact) mass is 310 g/mol. The maximum Gasteiger partial charge on any atom is 0.293 e. The number of nitro groups is 1. The summed E-state index contributed by atoms with van der Waals surface area (Å²) in [7, 11) is -3.50. The number of nitrogens with zero attached hydrogens (tertiary/aromatic N) is 1. The molecule has 2 rings (SSSR count). The van der Waals surface area contributed by atoms with Crippen LogP contribution < -0.4 is 5.32 Å². The lowest BCUT2D eigenvalue weighted by molar-refractivity contribution is -0.384. The summed E-state index contributed by atoms with van der Waals surface area (Å²) in [5.74, 6) is 0.622. The molecule has 1 heterocycles. The highest BCUT2D eigenvalue weighted by Crippen LogP contribution is 2.30. The predicted molar refractivity (Wildman–Crippen MR) is 77.0 cm³/mol. The molecule has 0 aliphatic carbocycles. The normalized spacial score (nSPS) is 12.9. The molecule has 7 nitrogen and oxygen atoms in total. The molecule has 1 aromatic heterocycles. The van der Waals surface area contributed by atoms with E-state index in [1.807, 2.05) is 0 Å². The molecule has 0 aliphatic rings. The first-order valence-electron chi connectivity index (χ1n) is 6.07. The van der Waals surface area contributed by atoms with Gasteiger partial charge in [0.15, 0.2) is 9.84 Å². The number of anilines is 1. The number of furan rings is 1. The highest BCUT2D eigenvalue weighted by atomic mass is 32.2. The lowest BCUT2D eigenvalue weighted by Gasteiger charge is -2.13. The lowest BCUT2D eigenvalue weighted by atomic mass is 10.2. The quantitative estimate of drug-likeness (QED) is 0.673. The van der Waals surface area contributed by atoms with Crippen LogP contribution in [-0.4, -0.2) is 19.6 Å². The Bertz CT molecular complexity index is 753. The molecule has 1 unspecified atom stereocenters. The molecule has 0 saturated heterocycles. The second-order valence-electron chi connectivity index (χ2n) is 4.59. The molecule has 1 aromatic carbocycles. The van der Waals surface area contributed by atoms with Crippen LogP contribution in [0.2, 0.25) is 0 Å². The van der Waals surface area contributed by atoms with E-state index in [-0.39, 0.29) is 22.3 Å². The Labute approximate surface area is 121 Å². The summed E-state index contributed by atoms with van der Waals surface area (Å²) >= 11 is 0. The Kier molecular flexibility index (Phi) is 3.99. The highest BCUT2D eigenvalue weighted by Gasteiger charge is 2.20. The molecule has 112 valence electrons. The maximum atomic E-state index is 11.5. The number of sulfone groups is 1. The Hall–Kier alpha value is -2.35. The number of rotatable bonds is 5. The van der Waals surface area contributed by atoms with Gasteiger partial charge in [0.05, 0.1) is 22.1 Å². The molecular formula is C13H14N2O5S. The molecule has 1 atom stereocenters. The van der Waals surface area contributed by atoms with Crippen molar-refractivity contribution < 1.29 is 17.8 Å². The van der Waals surface area contributed by atoms with E-state index in [2.05, 4.69) is 5.32 Å². The van der Waals surface area contributed by atoms with Crippen LogP contribution in [0.4, 0.5) is 11.4 Å². The van der Waals surface area contributed by atoms with Gasteiger partial charge < -0.3 is 9.73 Å². The van der Waals surface area contributed by atoms with Gasteiger partial charge >= 0.3 is 0 Å². The topological polar surface area (TPSA) is 102 Å². The minimum absolute atomic E-state index is 0.0922. The van der Waals surface area contributed by atoms with E-state index in [1.165, 1.54) is 18.4 Å². The predicted octanol–water partition coefficient (Wildman–Crippen LogP) is 2.76. The van der Waals surface area contributed by atoms with Gasteiger partial charge in [0.25, 0.3) is 5.69 Å². The van der Waals surface area contributed by atoms with Crippen molar-refractivity contribution in [2.45, 2.75) is 17.9 Å². The fourth-order valence-corrected chi connectivity index (χ4v) is 2.50. The zero-order valence-electron chi connectivity index (χ0n) is 11.4. The molecule has 0 spiro atoms. The summed E-state index contributed by atoms with van der Waals surface area (Å²) in [6.07, 6.45) is 2.51. The molecule has 0 fully saturated rings. The molecule has 0 radical (unpaired) electrons. The van der Waals surface area contributed by atoms with Crippen LogP contribution in [0.25, 0.3) is 0 Å². The van der Waals surface area contributed by atoms with Crippen molar-refractivity contribution >= 4 is 21.2 Å². The van der Waals surface area contributed by atoms with Gasteiger partial charge in [-0.05, 0) is 31.2 Å². The molecule has 0 amide bonds. The summed E-state index contributed by atoms with van der Waals surface area (Å²) in [4.78, 5) is 10.4. The van der Waals surface area contributed by atoms with Crippen molar-refractivity contribution in [1.29, 1.82) is 0 Å². The fraction of sp³-hybridized carbons (Fsp3) is 0.231. The van der Waals surface area contributed by atoms with E-state index in [4.69, 9.17) is 4.42 Å². The second-order valence-corrected chi connectivity index (χ2v) is 6.61. The van der Waals surface area contributed by atoms with Crippen LogP contribution in [0.1, 0.15) is 18.7 Å². The number of hydrogen-bond donors (Lipinski definition) is 1. The van der Waals surface area contributed by atoms with Gasteiger partial charge in [-0.1, -0.05) is 0 Å². The zero-order valence-corrected chi connectivity index (χ0v) is 12.3. The SMILES string of the molecule is CC(Nc1ccc(S(C)(=O)=O)cc1[N+](=O)[O-])c1ccco1.